The maximum atomic E-state index is 12.3. The van der Waals surface area contributed by atoms with Crippen molar-refractivity contribution in [3.05, 3.63) is 36.0 Å². The zero-order valence-electron chi connectivity index (χ0n) is 17.1. The Kier molecular flexibility index (Phi) is 6.37. The van der Waals surface area contributed by atoms with Gasteiger partial charge in [0.2, 0.25) is 11.8 Å². The molecule has 1 amide bonds. The van der Waals surface area contributed by atoms with Crippen LogP contribution < -0.4 is 10.1 Å². The minimum Gasteiger partial charge on any atom is -0.497 e. The lowest BCUT2D eigenvalue weighted by atomic mass is 9.95. The van der Waals surface area contributed by atoms with Gasteiger partial charge in [-0.3, -0.25) is 14.7 Å². The van der Waals surface area contributed by atoms with Gasteiger partial charge in [0.05, 0.1) is 18.6 Å². The number of aryl methyl sites for hydroxylation is 1. The molecule has 2 aromatic heterocycles. The number of nitrogens with zero attached hydrogens (tertiary/aromatic N) is 4. The Balaban J connectivity index is 1.54. The molecule has 0 bridgehead atoms. The molecule has 30 heavy (non-hydrogen) atoms. The Morgan fingerprint density at radius 2 is 2.00 bits per heavy atom. The van der Waals surface area contributed by atoms with E-state index in [1.807, 2.05) is 24.3 Å². The maximum absolute atomic E-state index is 12.3. The smallest absolute Gasteiger partial charge is 0.237 e. The number of hydrogen-bond acceptors (Lipinski definition) is 7. The summed E-state index contributed by atoms with van der Waals surface area (Å²) in [7, 11) is 1.65. The van der Waals surface area contributed by atoms with Crippen molar-refractivity contribution in [1.82, 2.24) is 19.9 Å². The highest BCUT2D eigenvalue weighted by Crippen LogP contribution is 2.36. The van der Waals surface area contributed by atoms with Crippen LogP contribution in [-0.2, 0) is 4.79 Å². The molecule has 1 saturated carbocycles. The number of aromatic nitrogens is 4. The Bertz CT molecular complexity index is 992. The summed E-state index contributed by atoms with van der Waals surface area (Å²) >= 11 is 1.39. The Morgan fingerprint density at radius 1 is 1.23 bits per heavy atom. The first-order valence-corrected chi connectivity index (χ1v) is 11.1. The van der Waals surface area contributed by atoms with Gasteiger partial charge in [-0.05, 0) is 44.0 Å². The van der Waals surface area contributed by atoms with Crippen LogP contribution in [0.5, 0.6) is 5.75 Å². The highest BCUT2D eigenvalue weighted by molar-refractivity contribution is 7.99. The van der Waals surface area contributed by atoms with Gasteiger partial charge in [-0.1, -0.05) is 36.2 Å². The summed E-state index contributed by atoms with van der Waals surface area (Å²) in [4.78, 5) is 12.3. The number of ether oxygens (including phenoxy) is 1. The number of amides is 1. The predicted molar refractivity (Wildman–Crippen MR) is 115 cm³/mol. The number of carbonyl (C=O) groups excluding carboxylic acids is 1. The number of benzene rings is 1. The summed E-state index contributed by atoms with van der Waals surface area (Å²) in [5, 5.41) is 16.2. The normalized spacial score (nSPS) is 14.6. The zero-order valence-corrected chi connectivity index (χ0v) is 17.9. The molecule has 3 aromatic rings. The second-order valence-corrected chi connectivity index (χ2v) is 8.31. The molecule has 158 valence electrons. The second kappa shape index (κ2) is 9.34. The number of anilines is 1. The van der Waals surface area contributed by atoms with E-state index in [0.717, 1.165) is 40.8 Å². The molecule has 0 aliphatic heterocycles. The predicted octanol–water partition coefficient (Wildman–Crippen LogP) is 4.49. The number of rotatable bonds is 7. The summed E-state index contributed by atoms with van der Waals surface area (Å²) in [6.07, 6.45) is 5.84. The lowest BCUT2D eigenvalue weighted by Crippen LogP contribution is -2.17. The molecule has 1 aliphatic rings. The molecule has 0 saturated heterocycles. The van der Waals surface area contributed by atoms with Gasteiger partial charge < -0.3 is 9.26 Å². The van der Waals surface area contributed by atoms with Crippen LogP contribution in [0.4, 0.5) is 5.88 Å². The van der Waals surface area contributed by atoms with Crippen LogP contribution in [0.25, 0.3) is 11.4 Å². The molecule has 8 nitrogen and oxygen atoms in total. The molecule has 0 spiro atoms. The quantitative estimate of drug-likeness (QED) is 0.555. The van der Waals surface area contributed by atoms with Crippen LogP contribution in [0.1, 0.15) is 43.8 Å². The topological polar surface area (TPSA) is 95.1 Å². The standard InChI is InChI=1S/C21H25N5O3S/c1-14-12-19(29-25-14)22-18(27)13-30-21-24-23-20(15-8-10-17(28-2)11-9-15)26(21)16-6-4-3-5-7-16/h8-12,16H,3-7,13H2,1-2H3,(H,22,27). The first kappa shape index (κ1) is 20.5. The number of carbonyl (C=O) groups is 1. The fourth-order valence-corrected chi connectivity index (χ4v) is 4.51. The molecule has 1 aliphatic carbocycles. The van der Waals surface area contributed by atoms with E-state index in [2.05, 4.69) is 25.2 Å². The van der Waals surface area contributed by atoms with Gasteiger partial charge in [0, 0.05) is 17.7 Å². The molecule has 0 unspecified atom stereocenters. The Morgan fingerprint density at radius 3 is 2.67 bits per heavy atom. The lowest BCUT2D eigenvalue weighted by molar-refractivity contribution is -0.113. The van der Waals surface area contributed by atoms with E-state index in [1.165, 1.54) is 31.0 Å². The molecule has 0 atom stereocenters. The van der Waals surface area contributed by atoms with Gasteiger partial charge in [0.15, 0.2) is 11.0 Å². The second-order valence-electron chi connectivity index (χ2n) is 7.37. The van der Waals surface area contributed by atoms with Crippen molar-refractivity contribution in [2.45, 2.75) is 50.2 Å². The first-order valence-electron chi connectivity index (χ1n) is 10.1. The SMILES string of the molecule is COc1ccc(-c2nnc(SCC(=O)Nc3cc(C)no3)n2C2CCCCC2)cc1. The Hall–Kier alpha value is -2.81. The molecule has 4 rings (SSSR count). The largest absolute Gasteiger partial charge is 0.497 e. The molecular weight excluding hydrogens is 402 g/mol. The van der Waals surface area contributed by atoms with Crippen molar-refractivity contribution in [3.63, 3.8) is 0 Å². The fourth-order valence-electron chi connectivity index (χ4n) is 3.71. The van der Waals surface area contributed by atoms with Crippen molar-refractivity contribution >= 4 is 23.6 Å². The third-order valence-corrected chi connectivity index (χ3v) is 6.12. The molecule has 0 radical (unpaired) electrons. The molecule has 1 N–H and O–H groups in total. The van der Waals surface area contributed by atoms with E-state index in [-0.39, 0.29) is 11.7 Å². The van der Waals surface area contributed by atoms with Crippen LogP contribution >= 0.6 is 11.8 Å². The molecular formula is C21H25N5O3S. The van der Waals surface area contributed by atoms with E-state index in [1.54, 1.807) is 20.1 Å². The van der Waals surface area contributed by atoms with E-state index in [0.29, 0.717) is 11.9 Å². The summed E-state index contributed by atoms with van der Waals surface area (Å²) in [5.74, 6) is 2.04. The van der Waals surface area contributed by atoms with Gasteiger partial charge in [-0.25, -0.2) is 0 Å². The fraction of sp³-hybridized carbons (Fsp3) is 0.429. The molecule has 9 heteroatoms. The van der Waals surface area contributed by atoms with E-state index < -0.39 is 0 Å². The highest BCUT2D eigenvalue weighted by atomic mass is 32.2. The van der Waals surface area contributed by atoms with Crippen molar-refractivity contribution < 1.29 is 14.1 Å². The number of hydrogen-bond donors (Lipinski definition) is 1. The van der Waals surface area contributed by atoms with Crippen LogP contribution in [-0.4, -0.2) is 38.7 Å². The average molecular weight is 428 g/mol. The van der Waals surface area contributed by atoms with E-state index in [9.17, 15) is 4.79 Å². The van der Waals surface area contributed by atoms with Gasteiger partial charge in [0.1, 0.15) is 5.75 Å². The zero-order chi connectivity index (χ0) is 20.9. The van der Waals surface area contributed by atoms with Gasteiger partial charge in [-0.15, -0.1) is 10.2 Å². The van der Waals surface area contributed by atoms with Crippen molar-refractivity contribution in [1.29, 1.82) is 0 Å². The third-order valence-electron chi connectivity index (χ3n) is 5.18. The Labute approximate surface area is 179 Å². The third kappa shape index (κ3) is 4.67. The number of thioether (sulfide) groups is 1. The number of nitrogens with one attached hydrogen (secondary N) is 1. The van der Waals surface area contributed by atoms with Crippen LogP contribution in [0, 0.1) is 6.92 Å². The first-order chi connectivity index (χ1) is 14.6. The molecule has 2 heterocycles. The van der Waals surface area contributed by atoms with Crippen LogP contribution in [0.2, 0.25) is 0 Å². The van der Waals surface area contributed by atoms with Crippen molar-refractivity contribution in [2.24, 2.45) is 0 Å². The van der Waals surface area contributed by atoms with Crippen molar-refractivity contribution in [2.75, 3.05) is 18.2 Å². The summed E-state index contributed by atoms with van der Waals surface area (Å²) < 4.78 is 12.5. The molecule has 1 fully saturated rings. The molecule has 1 aromatic carbocycles. The number of methoxy groups -OCH3 is 1. The average Bonchev–Trinajstić information content (AvgIpc) is 3.39. The summed E-state index contributed by atoms with van der Waals surface area (Å²) in [5.41, 5.74) is 1.71. The minimum atomic E-state index is -0.166. The van der Waals surface area contributed by atoms with Gasteiger partial charge in [-0.2, -0.15) is 0 Å². The van der Waals surface area contributed by atoms with Crippen LogP contribution in [0.3, 0.4) is 0 Å². The van der Waals surface area contributed by atoms with E-state index in [4.69, 9.17) is 9.26 Å². The van der Waals surface area contributed by atoms with Gasteiger partial charge in [0.25, 0.3) is 0 Å². The summed E-state index contributed by atoms with van der Waals surface area (Å²) in [6.45, 7) is 1.81. The van der Waals surface area contributed by atoms with E-state index >= 15 is 0 Å². The minimum absolute atomic E-state index is 0.166. The summed E-state index contributed by atoms with van der Waals surface area (Å²) in [6, 6.07) is 9.87. The van der Waals surface area contributed by atoms with Crippen molar-refractivity contribution in [3.8, 4) is 17.1 Å². The monoisotopic (exact) mass is 427 g/mol. The van der Waals surface area contributed by atoms with Gasteiger partial charge >= 0.3 is 0 Å². The lowest BCUT2D eigenvalue weighted by Gasteiger charge is -2.25. The van der Waals surface area contributed by atoms with Crippen LogP contribution in [0.15, 0.2) is 40.0 Å². The highest BCUT2D eigenvalue weighted by Gasteiger charge is 2.24. The maximum Gasteiger partial charge on any atom is 0.237 e.